The van der Waals surface area contributed by atoms with Gasteiger partial charge >= 0.3 is 0 Å². The van der Waals surface area contributed by atoms with Crippen LogP contribution in [-0.4, -0.2) is 10.9 Å². The molecule has 3 N–H and O–H groups in total. The minimum atomic E-state index is -0.194. The number of anilines is 2. The Labute approximate surface area is 145 Å². The lowest BCUT2D eigenvalue weighted by Crippen LogP contribution is -2.11. The van der Waals surface area contributed by atoms with Gasteiger partial charge in [-0.2, -0.15) is 0 Å². The predicted molar refractivity (Wildman–Crippen MR) is 100 cm³/mol. The first kappa shape index (κ1) is 16.2. The van der Waals surface area contributed by atoms with Crippen molar-refractivity contribution in [2.24, 2.45) is 0 Å². The highest BCUT2D eigenvalue weighted by molar-refractivity contribution is 7.17. The van der Waals surface area contributed by atoms with E-state index in [4.69, 9.17) is 5.73 Å². The predicted octanol–water partition coefficient (Wildman–Crippen LogP) is 4.77. The number of nitrogens with zero attached hydrogens (tertiary/aromatic N) is 1. The minimum Gasteiger partial charge on any atom is -0.375 e. The third-order valence-corrected chi connectivity index (χ3v) is 4.62. The third-order valence-electron chi connectivity index (χ3n) is 3.73. The van der Waals surface area contributed by atoms with Crippen LogP contribution in [0.3, 0.4) is 0 Å². The zero-order valence-corrected chi connectivity index (χ0v) is 14.4. The lowest BCUT2D eigenvalue weighted by Gasteiger charge is -2.08. The Balaban J connectivity index is 1.85. The van der Waals surface area contributed by atoms with E-state index in [1.165, 1.54) is 16.9 Å². The Morgan fingerprint density at radius 3 is 2.38 bits per heavy atom. The Bertz CT molecular complexity index is 839. The molecule has 2 aromatic carbocycles. The van der Waals surface area contributed by atoms with Crippen LogP contribution >= 0.6 is 11.3 Å². The molecule has 0 saturated carbocycles. The first-order valence-electron chi connectivity index (χ1n) is 7.77. The van der Waals surface area contributed by atoms with Gasteiger partial charge in [0, 0.05) is 11.3 Å². The van der Waals surface area contributed by atoms with Crippen molar-refractivity contribution < 1.29 is 4.79 Å². The molecule has 0 fully saturated rings. The van der Waals surface area contributed by atoms with Crippen molar-refractivity contribution in [1.82, 2.24) is 4.98 Å². The maximum Gasteiger partial charge on any atom is 0.268 e. The molecule has 0 aliphatic carbocycles. The van der Waals surface area contributed by atoms with Gasteiger partial charge in [-0.1, -0.05) is 67.6 Å². The zero-order chi connectivity index (χ0) is 17.1. The highest BCUT2D eigenvalue weighted by Gasteiger charge is 2.18. The fourth-order valence-corrected chi connectivity index (χ4v) is 3.17. The van der Waals surface area contributed by atoms with Crippen molar-refractivity contribution in [2.45, 2.75) is 19.8 Å². The fraction of sp³-hybridized carbons (Fsp3) is 0.158. The number of nitrogens with two attached hydrogens (primary N) is 1. The van der Waals surface area contributed by atoms with E-state index in [0.29, 0.717) is 21.6 Å². The number of hydrogen-bond acceptors (Lipinski definition) is 4. The number of carbonyl (C=O) groups is 1. The summed E-state index contributed by atoms with van der Waals surface area (Å²) in [6, 6.07) is 17.5. The number of nitrogen functional groups attached to an aromatic ring is 1. The molecule has 5 heteroatoms. The number of nitrogens with one attached hydrogen (secondary N) is 1. The average molecular weight is 337 g/mol. The molecule has 1 heterocycles. The fourth-order valence-electron chi connectivity index (χ4n) is 2.42. The van der Waals surface area contributed by atoms with Crippen LogP contribution in [0.15, 0.2) is 54.6 Å². The third kappa shape index (κ3) is 3.46. The molecular weight excluding hydrogens is 318 g/mol. The smallest absolute Gasteiger partial charge is 0.268 e. The monoisotopic (exact) mass is 337 g/mol. The van der Waals surface area contributed by atoms with E-state index in [2.05, 4.69) is 24.1 Å². The molecule has 0 atom stereocenters. The van der Waals surface area contributed by atoms with Crippen molar-refractivity contribution in [3.63, 3.8) is 0 Å². The summed E-state index contributed by atoms with van der Waals surface area (Å²) in [5, 5.41) is 3.31. The Morgan fingerprint density at radius 2 is 1.75 bits per heavy atom. The van der Waals surface area contributed by atoms with Crippen LogP contribution in [0.4, 0.5) is 10.8 Å². The van der Waals surface area contributed by atoms with Crippen LogP contribution in [0.1, 0.15) is 35.0 Å². The number of benzene rings is 2. The zero-order valence-electron chi connectivity index (χ0n) is 13.6. The standard InChI is InChI=1S/C19H19N3OS/c1-12(2)13-8-10-15(11-9-13)21-18(23)17-16(22-19(20)24-17)14-6-4-3-5-7-14/h3-12H,1-2H3,(H2,20,22)(H,21,23). The molecule has 3 aromatic rings. The Hall–Kier alpha value is -2.66. The van der Waals surface area contributed by atoms with Gasteiger partial charge in [-0.15, -0.1) is 0 Å². The normalized spacial score (nSPS) is 10.8. The Morgan fingerprint density at radius 1 is 1.08 bits per heavy atom. The first-order chi connectivity index (χ1) is 11.5. The van der Waals surface area contributed by atoms with Gasteiger partial charge in [-0.25, -0.2) is 4.98 Å². The molecule has 3 rings (SSSR count). The van der Waals surface area contributed by atoms with Gasteiger partial charge in [0.15, 0.2) is 5.13 Å². The van der Waals surface area contributed by atoms with Gasteiger partial charge in [0.05, 0.1) is 5.69 Å². The highest BCUT2D eigenvalue weighted by Crippen LogP contribution is 2.30. The number of carbonyl (C=O) groups excluding carboxylic acids is 1. The molecular formula is C19H19N3OS. The van der Waals surface area contributed by atoms with E-state index < -0.39 is 0 Å². The molecule has 0 aliphatic rings. The molecule has 0 saturated heterocycles. The van der Waals surface area contributed by atoms with Crippen LogP contribution in [0, 0.1) is 0 Å². The van der Waals surface area contributed by atoms with Crippen LogP contribution in [0.5, 0.6) is 0 Å². The lowest BCUT2D eigenvalue weighted by molar-refractivity contribution is 0.103. The summed E-state index contributed by atoms with van der Waals surface area (Å²) in [6.07, 6.45) is 0. The minimum absolute atomic E-state index is 0.194. The van der Waals surface area contributed by atoms with Crippen molar-refractivity contribution in [3.05, 3.63) is 65.0 Å². The van der Waals surface area contributed by atoms with Gasteiger partial charge in [-0.3, -0.25) is 4.79 Å². The van der Waals surface area contributed by atoms with E-state index in [9.17, 15) is 4.79 Å². The quantitative estimate of drug-likeness (QED) is 0.720. The van der Waals surface area contributed by atoms with Crippen molar-refractivity contribution >= 4 is 28.1 Å². The second kappa shape index (κ2) is 6.84. The van der Waals surface area contributed by atoms with Gasteiger partial charge in [0.1, 0.15) is 4.88 Å². The van der Waals surface area contributed by atoms with Gasteiger partial charge in [0.2, 0.25) is 0 Å². The van der Waals surface area contributed by atoms with Crippen LogP contribution < -0.4 is 11.1 Å². The summed E-state index contributed by atoms with van der Waals surface area (Å²) in [5.74, 6) is 0.265. The number of amides is 1. The largest absolute Gasteiger partial charge is 0.375 e. The Kier molecular flexibility index (Phi) is 4.62. The molecule has 122 valence electrons. The maximum absolute atomic E-state index is 12.6. The molecule has 24 heavy (non-hydrogen) atoms. The molecule has 1 amide bonds. The summed E-state index contributed by atoms with van der Waals surface area (Å²) in [4.78, 5) is 17.5. The lowest BCUT2D eigenvalue weighted by atomic mass is 10.0. The topological polar surface area (TPSA) is 68.0 Å². The van der Waals surface area contributed by atoms with E-state index in [0.717, 1.165) is 11.3 Å². The summed E-state index contributed by atoms with van der Waals surface area (Å²) >= 11 is 1.20. The second-order valence-corrected chi connectivity index (χ2v) is 6.86. The molecule has 0 spiro atoms. The number of rotatable bonds is 4. The van der Waals surface area contributed by atoms with Crippen LogP contribution in [-0.2, 0) is 0 Å². The van der Waals surface area contributed by atoms with E-state index >= 15 is 0 Å². The number of aromatic nitrogens is 1. The van der Waals surface area contributed by atoms with E-state index in [1.807, 2.05) is 54.6 Å². The first-order valence-corrected chi connectivity index (χ1v) is 8.59. The number of hydrogen-bond donors (Lipinski definition) is 2. The maximum atomic E-state index is 12.6. The summed E-state index contributed by atoms with van der Waals surface area (Å²) in [7, 11) is 0. The van der Waals surface area contributed by atoms with Crippen LogP contribution in [0.25, 0.3) is 11.3 Å². The van der Waals surface area contributed by atoms with Gasteiger partial charge < -0.3 is 11.1 Å². The average Bonchev–Trinajstić information content (AvgIpc) is 2.98. The van der Waals surface area contributed by atoms with Gasteiger partial charge in [-0.05, 0) is 23.6 Å². The van der Waals surface area contributed by atoms with E-state index in [1.54, 1.807) is 0 Å². The van der Waals surface area contributed by atoms with Gasteiger partial charge in [0.25, 0.3) is 5.91 Å². The van der Waals surface area contributed by atoms with Crippen molar-refractivity contribution in [2.75, 3.05) is 11.1 Å². The highest BCUT2D eigenvalue weighted by atomic mass is 32.1. The second-order valence-electron chi connectivity index (χ2n) is 5.83. The molecule has 4 nitrogen and oxygen atoms in total. The molecule has 0 radical (unpaired) electrons. The summed E-state index contributed by atoms with van der Waals surface area (Å²) in [6.45, 7) is 4.28. The molecule has 1 aromatic heterocycles. The van der Waals surface area contributed by atoms with Crippen LogP contribution in [0.2, 0.25) is 0 Å². The summed E-state index contributed by atoms with van der Waals surface area (Å²) in [5.41, 5.74) is 9.32. The van der Waals surface area contributed by atoms with E-state index in [-0.39, 0.29) is 5.91 Å². The SMILES string of the molecule is CC(C)c1ccc(NC(=O)c2sc(N)nc2-c2ccccc2)cc1. The number of thiazole rings is 1. The van der Waals surface area contributed by atoms with Crippen molar-refractivity contribution in [3.8, 4) is 11.3 Å². The summed E-state index contributed by atoms with van der Waals surface area (Å²) < 4.78 is 0. The van der Waals surface area contributed by atoms with Crippen molar-refractivity contribution in [1.29, 1.82) is 0 Å². The molecule has 0 aliphatic heterocycles. The molecule has 0 unspecified atom stereocenters. The molecule has 0 bridgehead atoms.